The molecule has 3 aliphatic rings. The number of hydrogen-bond acceptors (Lipinski definition) is 2. The highest BCUT2D eigenvalue weighted by atomic mass is 16.5. The number of likely N-dealkylation sites (tertiary alicyclic amines) is 1. The summed E-state index contributed by atoms with van der Waals surface area (Å²) in [5.74, 6) is 2.78. The molecule has 1 heterocycles. The summed E-state index contributed by atoms with van der Waals surface area (Å²) in [4.78, 5) is 2.87. The number of nitrogens with zero attached hydrogens (tertiary/aromatic N) is 1. The summed E-state index contributed by atoms with van der Waals surface area (Å²) in [6.07, 6.45) is 11.0. The molecule has 4 rings (SSSR count). The molecule has 1 aromatic carbocycles. The predicted octanol–water partition coefficient (Wildman–Crippen LogP) is 5.19. The largest absolute Gasteiger partial charge is 0.497 e. The molecule has 1 aromatic rings. The molecular formula is C23H35NO. The third-order valence-corrected chi connectivity index (χ3v) is 7.76. The topological polar surface area (TPSA) is 12.5 Å². The Morgan fingerprint density at radius 3 is 2.96 bits per heavy atom. The molecule has 1 aliphatic heterocycles. The van der Waals surface area contributed by atoms with E-state index in [1.54, 1.807) is 18.2 Å². The van der Waals surface area contributed by atoms with Crippen LogP contribution in [0.3, 0.4) is 0 Å². The van der Waals surface area contributed by atoms with Crippen molar-refractivity contribution in [3.05, 3.63) is 29.3 Å². The standard InChI is InChI=1S/C23H35NO/c1-4-17(2)10-13-24-14-12-23-11-6-5-7-20(23)22(24)15-18-8-9-19(25-3)16-21(18)23/h8-9,16-17,20,22H,4-7,10-15H2,1-3H3/t17?,20-,22+,23-/m0/s1. The maximum Gasteiger partial charge on any atom is 0.119 e. The van der Waals surface area contributed by atoms with Crippen LogP contribution in [0, 0.1) is 11.8 Å². The smallest absolute Gasteiger partial charge is 0.119 e. The maximum atomic E-state index is 5.58. The fourth-order valence-corrected chi connectivity index (χ4v) is 6.06. The number of benzene rings is 1. The molecule has 2 bridgehead atoms. The van der Waals surface area contributed by atoms with Crippen molar-refractivity contribution >= 4 is 0 Å². The average Bonchev–Trinajstić information content (AvgIpc) is 2.66. The third-order valence-electron chi connectivity index (χ3n) is 7.76. The van der Waals surface area contributed by atoms with Crippen molar-refractivity contribution in [3.63, 3.8) is 0 Å². The average molecular weight is 342 g/mol. The van der Waals surface area contributed by atoms with E-state index in [2.05, 4.69) is 36.9 Å². The van der Waals surface area contributed by atoms with Gasteiger partial charge in [-0.2, -0.15) is 0 Å². The molecule has 2 nitrogen and oxygen atoms in total. The lowest BCUT2D eigenvalue weighted by molar-refractivity contribution is -0.0134. The van der Waals surface area contributed by atoms with Gasteiger partial charge in [0.05, 0.1) is 7.11 Å². The Morgan fingerprint density at radius 1 is 1.28 bits per heavy atom. The van der Waals surface area contributed by atoms with E-state index in [0.717, 1.165) is 23.6 Å². The molecule has 0 N–H and O–H groups in total. The van der Waals surface area contributed by atoms with Crippen molar-refractivity contribution in [1.82, 2.24) is 4.90 Å². The Bertz CT molecular complexity index is 612. The van der Waals surface area contributed by atoms with Gasteiger partial charge in [-0.1, -0.05) is 39.2 Å². The zero-order valence-electron chi connectivity index (χ0n) is 16.4. The summed E-state index contributed by atoms with van der Waals surface area (Å²) < 4.78 is 5.58. The third kappa shape index (κ3) is 2.91. The first-order valence-corrected chi connectivity index (χ1v) is 10.6. The van der Waals surface area contributed by atoms with Crippen LogP contribution in [0.1, 0.15) is 69.9 Å². The van der Waals surface area contributed by atoms with Gasteiger partial charge in [0, 0.05) is 11.5 Å². The second-order valence-corrected chi connectivity index (χ2v) is 8.89. The summed E-state index contributed by atoms with van der Waals surface area (Å²) in [6.45, 7) is 7.35. The molecule has 138 valence electrons. The van der Waals surface area contributed by atoms with Gasteiger partial charge in [0.25, 0.3) is 0 Å². The second kappa shape index (κ2) is 6.95. The Labute approximate surface area is 153 Å². The highest BCUT2D eigenvalue weighted by molar-refractivity contribution is 5.45. The van der Waals surface area contributed by atoms with Crippen LogP contribution in [-0.2, 0) is 11.8 Å². The number of rotatable bonds is 5. The minimum absolute atomic E-state index is 0.442. The van der Waals surface area contributed by atoms with Crippen molar-refractivity contribution in [2.45, 2.75) is 76.7 Å². The van der Waals surface area contributed by atoms with Crippen molar-refractivity contribution in [3.8, 4) is 5.75 Å². The number of fused-ring (bicyclic) bond motifs is 1. The van der Waals surface area contributed by atoms with Gasteiger partial charge in [0.2, 0.25) is 0 Å². The minimum Gasteiger partial charge on any atom is -0.497 e. The first kappa shape index (κ1) is 17.4. The van der Waals surface area contributed by atoms with Gasteiger partial charge < -0.3 is 4.74 Å². The maximum absolute atomic E-state index is 5.58. The van der Waals surface area contributed by atoms with E-state index >= 15 is 0 Å². The lowest BCUT2D eigenvalue weighted by Crippen LogP contribution is -2.61. The second-order valence-electron chi connectivity index (χ2n) is 8.89. The van der Waals surface area contributed by atoms with Crippen LogP contribution >= 0.6 is 0 Å². The number of hydrogen-bond donors (Lipinski definition) is 0. The number of methoxy groups -OCH3 is 1. The Kier molecular flexibility index (Phi) is 4.83. The van der Waals surface area contributed by atoms with E-state index in [-0.39, 0.29) is 0 Å². The molecule has 1 saturated carbocycles. The van der Waals surface area contributed by atoms with Gasteiger partial charge in [0.1, 0.15) is 5.75 Å². The van der Waals surface area contributed by atoms with Crippen LogP contribution < -0.4 is 4.74 Å². The molecule has 1 saturated heterocycles. The first-order chi connectivity index (χ1) is 12.2. The lowest BCUT2D eigenvalue weighted by atomic mass is 9.52. The molecule has 1 unspecified atom stereocenters. The van der Waals surface area contributed by atoms with Crippen LogP contribution in [0.4, 0.5) is 0 Å². The molecule has 0 amide bonds. The molecular weight excluding hydrogens is 306 g/mol. The summed E-state index contributed by atoms with van der Waals surface area (Å²) in [7, 11) is 1.81. The van der Waals surface area contributed by atoms with E-state index in [1.165, 1.54) is 64.5 Å². The Hall–Kier alpha value is -1.02. The van der Waals surface area contributed by atoms with Crippen molar-refractivity contribution < 1.29 is 4.74 Å². The van der Waals surface area contributed by atoms with Crippen molar-refractivity contribution in [2.24, 2.45) is 11.8 Å². The quantitative estimate of drug-likeness (QED) is 0.731. The summed E-state index contributed by atoms with van der Waals surface area (Å²) in [5.41, 5.74) is 3.70. The summed E-state index contributed by atoms with van der Waals surface area (Å²) in [6, 6.07) is 7.71. The van der Waals surface area contributed by atoms with E-state index in [1.807, 2.05) is 0 Å². The van der Waals surface area contributed by atoms with Gasteiger partial charge in [-0.25, -0.2) is 0 Å². The predicted molar refractivity (Wildman–Crippen MR) is 104 cm³/mol. The zero-order chi connectivity index (χ0) is 17.4. The van der Waals surface area contributed by atoms with Gasteiger partial charge in [-0.15, -0.1) is 0 Å². The molecule has 0 aromatic heterocycles. The molecule has 2 fully saturated rings. The SMILES string of the molecule is CCC(C)CCN1CC[C@@]23CCCC[C@H]2[C@H]1Cc1ccc(OC)cc13. The fourth-order valence-electron chi connectivity index (χ4n) is 6.06. The van der Waals surface area contributed by atoms with Crippen LogP contribution in [0.5, 0.6) is 5.75 Å². The number of ether oxygens (including phenoxy) is 1. The highest BCUT2D eigenvalue weighted by Gasteiger charge is 2.53. The molecule has 25 heavy (non-hydrogen) atoms. The molecule has 2 aliphatic carbocycles. The van der Waals surface area contributed by atoms with Crippen LogP contribution in [0.2, 0.25) is 0 Å². The minimum atomic E-state index is 0.442. The van der Waals surface area contributed by atoms with Gasteiger partial charge >= 0.3 is 0 Å². The monoisotopic (exact) mass is 341 g/mol. The van der Waals surface area contributed by atoms with Gasteiger partial charge in [0.15, 0.2) is 0 Å². The number of piperidine rings is 1. The van der Waals surface area contributed by atoms with E-state index in [0.29, 0.717) is 5.41 Å². The summed E-state index contributed by atoms with van der Waals surface area (Å²) in [5, 5.41) is 0. The fraction of sp³-hybridized carbons (Fsp3) is 0.739. The van der Waals surface area contributed by atoms with Crippen LogP contribution in [-0.4, -0.2) is 31.1 Å². The Balaban J connectivity index is 1.66. The molecule has 4 atom stereocenters. The highest BCUT2D eigenvalue weighted by Crippen LogP contribution is 2.56. The van der Waals surface area contributed by atoms with E-state index in [9.17, 15) is 0 Å². The van der Waals surface area contributed by atoms with Crippen LogP contribution in [0.25, 0.3) is 0 Å². The Morgan fingerprint density at radius 2 is 2.16 bits per heavy atom. The zero-order valence-corrected chi connectivity index (χ0v) is 16.4. The van der Waals surface area contributed by atoms with Gasteiger partial charge in [-0.05, 0) is 80.3 Å². The summed E-state index contributed by atoms with van der Waals surface area (Å²) >= 11 is 0. The van der Waals surface area contributed by atoms with Crippen LogP contribution in [0.15, 0.2) is 18.2 Å². The normalized spacial score (nSPS) is 32.6. The van der Waals surface area contributed by atoms with Crippen molar-refractivity contribution in [1.29, 1.82) is 0 Å². The van der Waals surface area contributed by atoms with E-state index < -0.39 is 0 Å². The lowest BCUT2D eigenvalue weighted by Gasteiger charge is -2.59. The first-order valence-electron chi connectivity index (χ1n) is 10.6. The molecule has 0 spiro atoms. The van der Waals surface area contributed by atoms with E-state index in [4.69, 9.17) is 4.74 Å². The van der Waals surface area contributed by atoms with Crippen molar-refractivity contribution in [2.75, 3.05) is 20.2 Å². The molecule has 2 heteroatoms. The molecule has 0 radical (unpaired) electrons. The van der Waals surface area contributed by atoms with Gasteiger partial charge in [-0.3, -0.25) is 4.90 Å².